The lowest BCUT2D eigenvalue weighted by atomic mass is 10.1. The van der Waals surface area contributed by atoms with Crippen molar-refractivity contribution >= 4 is 55.0 Å². The number of aromatic nitrogens is 4. The molecule has 0 aliphatic rings. The summed E-state index contributed by atoms with van der Waals surface area (Å²) in [5.41, 5.74) is 6.23. The molecule has 4 aromatic carbocycles. The molecular formula is C44H36F2N6O7S2. The summed E-state index contributed by atoms with van der Waals surface area (Å²) >= 11 is 2.96. The molecular weight excluding hydrogens is 827 g/mol. The molecule has 0 saturated heterocycles. The number of nitrogen functional groups attached to an aromatic ring is 1. The highest BCUT2D eigenvalue weighted by Gasteiger charge is 2.16. The van der Waals surface area contributed by atoms with E-state index in [0.29, 0.717) is 68.1 Å². The first-order valence-electron chi connectivity index (χ1n) is 18.7. The molecule has 8 rings (SSSR count). The van der Waals surface area contributed by atoms with Crippen molar-refractivity contribution in [2.45, 2.75) is 12.8 Å². The Bertz CT molecular complexity index is 2750. The Hall–Kier alpha value is -7.08. The van der Waals surface area contributed by atoms with Gasteiger partial charge in [-0.05, 0) is 71.8 Å². The topological polar surface area (TPSA) is 181 Å². The predicted octanol–water partition coefficient (Wildman–Crippen LogP) is 8.99. The Kier molecular flexibility index (Phi) is 14.0. The van der Waals surface area contributed by atoms with Gasteiger partial charge in [-0.15, -0.1) is 22.7 Å². The van der Waals surface area contributed by atoms with Gasteiger partial charge in [0.15, 0.2) is 0 Å². The van der Waals surface area contributed by atoms with E-state index in [1.54, 1.807) is 60.7 Å². The number of hydrogen-bond acceptors (Lipinski definition) is 13. The van der Waals surface area contributed by atoms with E-state index < -0.39 is 5.97 Å². The molecule has 0 bridgehead atoms. The van der Waals surface area contributed by atoms with Gasteiger partial charge < -0.3 is 24.1 Å². The Balaban J connectivity index is 0.000000184. The molecule has 4 N–H and O–H groups in total. The third-order valence-electron chi connectivity index (χ3n) is 8.88. The second kappa shape index (κ2) is 20.3. The van der Waals surface area contributed by atoms with Crippen LogP contribution in [0.4, 0.5) is 8.78 Å². The molecule has 8 aromatic rings. The largest absolute Gasteiger partial charge is 0.493 e. The Morgan fingerprint density at radius 3 is 1.51 bits per heavy atom. The monoisotopic (exact) mass is 862 g/mol. The number of carbonyl (C=O) groups is 2. The summed E-state index contributed by atoms with van der Waals surface area (Å²) in [5, 5.41) is 14.5. The number of halogens is 2. The molecule has 4 aromatic heterocycles. The van der Waals surface area contributed by atoms with Gasteiger partial charge >= 0.3 is 5.97 Å². The van der Waals surface area contributed by atoms with Gasteiger partial charge in [-0.25, -0.2) is 39.4 Å². The fourth-order valence-electron chi connectivity index (χ4n) is 5.96. The summed E-state index contributed by atoms with van der Waals surface area (Å²) in [6.07, 6.45) is 4.11. The summed E-state index contributed by atoms with van der Waals surface area (Å²) in [6, 6.07) is 25.7. The van der Waals surface area contributed by atoms with Crippen molar-refractivity contribution in [2.75, 3.05) is 26.4 Å². The average Bonchev–Trinajstić information content (AvgIpc) is 3.93. The molecule has 0 saturated carbocycles. The minimum Gasteiger partial charge on any atom is -0.493 e. The van der Waals surface area contributed by atoms with Crippen LogP contribution in [0.5, 0.6) is 23.3 Å². The van der Waals surface area contributed by atoms with Crippen LogP contribution in [0.15, 0.2) is 120 Å². The molecule has 13 nitrogen and oxygen atoms in total. The fourth-order valence-corrected chi connectivity index (χ4v) is 7.78. The van der Waals surface area contributed by atoms with Crippen LogP contribution in [0.1, 0.15) is 33.6 Å². The van der Waals surface area contributed by atoms with Gasteiger partial charge in [0.2, 0.25) is 11.8 Å². The number of carboxylic acid groups (broad SMARTS) is 1. The van der Waals surface area contributed by atoms with E-state index in [1.807, 2.05) is 10.8 Å². The molecule has 0 fully saturated rings. The number of nitrogens with two attached hydrogens (primary N) is 1. The molecule has 0 atom stereocenters. The number of rotatable bonds is 16. The minimum atomic E-state index is -0.996. The standard InChI is InChI=1S/C22H19FN4O3S.C22H17FN2O4S/c23-16-7-5-14(6-8-16)18-12-31-22-19(18)21(25-13-26-22)30-10-2-9-29-17-4-1-3-15(11-17)20(28)27-24;23-16-7-5-14(6-8-16)18-12-30-21-19(18)20(24-13-25-21)29-10-2-9-28-17-4-1-3-15(11-17)22(26)27/h1,3-8,11-13H,2,9-10,24H2,(H,27,28);1,3-8,11-13H,2,9-10H2,(H,26,27). The van der Waals surface area contributed by atoms with Crippen molar-refractivity contribution in [3.8, 4) is 45.5 Å². The van der Waals surface area contributed by atoms with Crippen LogP contribution in [0.25, 0.3) is 42.7 Å². The number of nitrogens with one attached hydrogen (secondary N) is 1. The number of aromatic carboxylic acids is 1. The van der Waals surface area contributed by atoms with E-state index in [0.717, 1.165) is 42.7 Å². The van der Waals surface area contributed by atoms with Crippen LogP contribution >= 0.6 is 22.7 Å². The van der Waals surface area contributed by atoms with Gasteiger partial charge in [0.25, 0.3) is 5.91 Å². The van der Waals surface area contributed by atoms with E-state index in [4.69, 9.17) is 29.9 Å². The number of hydrazine groups is 1. The number of hydrogen-bond donors (Lipinski definition) is 3. The molecule has 0 unspecified atom stereocenters. The van der Waals surface area contributed by atoms with E-state index in [2.05, 4.69) is 25.4 Å². The van der Waals surface area contributed by atoms with Crippen LogP contribution in [0, 0.1) is 11.6 Å². The molecule has 0 aliphatic heterocycles. The highest BCUT2D eigenvalue weighted by Crippen LogP contribution is 2.39. The predicted molar refractivity (Wildman–Crippen MR) is 228 cm³/mol. The molecule has 0 aliphatic carbocycles. The summed E-state index contributed by atoms with van der Waals surface area (Å²) in [4.78, 5) is 41.3. The lowest BCUT2D eigenvalue weighted by Crippen LogP contribution is -2.29. The number of amides is 1. The van der Waals surface area contributed by atoms with Crippen molar-refractivity contribution in [3.63, 3.8) is 0 Å². The maximum absolute atomic E-state index is 13.3. The number of carboxylic acids is 1. The van der Waals surface area contributed by atoms with Crippen LogP contribution < -0.4 is 30.2 Å². The molecule has 0 spiro atoms. The van der Waals surface area contributed by atoms with E-state index in [-0.39, 0.29) is 23.1 Å². The minimum absolute atomic E-state index is 0.179. The first kappa shape index (κ1) is 42.1. The number of benzene rings is 4. The third kappa shape index (κ3) is 10.8. The zero-order chi connectivity index (χ0) is 42.6. The van der Waals surface area contributed by atoms with Gasteiger partial charge in [-0.3, -0.25) is 10.2 Å². The zero-order valence-electron chi connectivity index (χ0n) is 32.1. The van der Waals surface area contributed by atoms with Gasteiger partial charge in [-0.2, -0.15) is 0 Å². The van der Waals surface area contributed by atoms with Crippen LogP contribution in [0.3, 0.4) is 0 Å². The fraction of sp³-hybridized carbons (Fsp3) is 0.136. The lowest BCUT2D eigenvalue weighted by Gasteiger charge is -2.10. The van der Waals surface area contributed by atoms with Crippen molar-refractivity contribution in [1.29, 1.82) is 0 Å². The van der Waals surface area contributed by atoms with Crippen molar-refractivity contribution < 1.29 is 42.4 Å². The number of ether oxygens (including phenoxy) is 4. The molecule has 310 valence electrons. The lowest BCUT2D eigenvalue weighted by molar-refractivity contribution is 0.0696. The average molecular weight is 863 g/mol. The smallest absolute Gasteiger partial charge is 0.335 e. The second-order valence-electron chi connectivity index (χ2n) is 13.0. The number of fused-ring (bicyclic) bond motifs is 2. The van der Waals surface area contributed by atoms with Crippen molar-refractivity contribution in [2.24, 2.45) is 5.84 Å². The summed E-state index contributed by atoms with van der Waals surface area (Å²) in [7, 11) is 0. The number of nitrogens with zero attached hydrogens (tertiary/aromatic N) is 4. The SMILES string of the molecule is NNC(=O)c1cccc(OCCCOc2ncnc3scc(-c4ccc(F)cc4)c23)c1.O=C(O)c1cccc(OCCCOc2ncnc3scc(-c4ccc(F)cc4)c23)c1. The Morgan fingerprint density at radius 1 is 0.607 bits per heavy atom. The molecule has 0 radical (unpaired) electrons. The van der Waals surface area contributed by atoms with Crippen LogP contribution in [-0.4, -0.2) is 63.3 Å². The Labute approximate surface area is 355 Å². The number of thiophene rings is 2. The summed E-state index contributed by atoms with van der Waals surface area (Å²) < 4.78 is 49.6. The van der Waals surface area contributed by atoms with Crippen molar-refractivity contribution in [1.82, 2.24) is 25.4 Å². The molecule has 1 amide bonds. The number of carbonyl (C=O) groups excluding carboxylic acids is 1. The first-order chi connectivity index (χ1) is 29.8. The van der Waals surface area contributed by atoms with E-state index >= 15 is 0 Å². The van der Waals surface area contributed by atoms with E-state index in [9.17, 15) is 18.4 Å². The maximum Gasteiger partial charge on any atom is 0.335 e. The van der Waals surface area contributed by atoms with Gasteiger partial charge in [-0.1, -0.05) is 36.4 Å². The van der Waals surface area contributed by atoms with E-state index in [1.165, 1.54) is 71.7 Å². The van der Waals surface area contributed by atoms with Gasteiger partial charge in [0.1, 0.15) is 45.4 Å². The highest BCUT2D eigenvalue weighted by molar-refractivity contribution is 7.17. The molecule has 17 heteroatoms. The maximum atomic E-state index is 13.3. The summed E-state index contributed by atoms with van der Waals surface area (Å²) in [6.45, 7) is 1.51. The van der Waals surface area contributed by atoms with Gasteiger partial charge in [0, 0.05) is 40.3 Å². The molecule has 4 heterocycles. The van der Waals surface area contributed by atoms with Gasteiger partial charge in [0.05, 0.1) is 42.8 Å². The third-order valence-corrected chi connectivity index (χ3v) is 10.7. The second-order valence-corrected chi connectivity index (χ2v) is 14.7. The molecule has 61 heavy (non-hydrogen) atoms. The van der Waals surface area contributed by atoms with Crippen LogP contribution in [-0.2, 0) is 0 Å². The highest BCUT2D eigenvalue weighted by atomic mass is 32.1. The van der Waals surface area contributed by atoms with Crippen molar-refractivity contribution in [3.05, 3.63) is 143 Å². The normalized spacial score (nSPS) is 10.8. The quantitative estimate of drug-likeness (QED) is 0.0364. The zero-order valence-corrected chi connectivity index (χ0v) is 33.8. The summed E-state index contributed by atoms with van der Waals surface area (Å²) in [5.74, 6) is 5.21. The Morgan fingerprint density at radius 2 is 1.05 bits per heavy atom. The van der Waals surface area contributed by atoms with Crippen LogP contribution in [0.2, 0.25) is 0 Å². The first-order valence-corrected chi connectivity index (χ1v) is 20.4.